The van der Waals surface area contributed by atoms with Gasteiger partial charge in [0.15, 0.2) is 0 Å². The lowest BCUT2D eigenvalue weighted by atomic mass is 10.1. The van der Waals surface area contributed by atoms with E-state index in [9.17, 15) is 0 Å². The molecule has 0 aliphatic rings. The van der Waals surface area contributed by atoms with Crippen LogP contribution in [0.5, 0.6) is 0 Å². The summed E-state index contributed by atoms with van der Waals surface area (Å²) in [5.74, 6) is 0. The van der Waals surface area contributed by atoms with E-state index in [2.05, 4.69) is 77.9 Å². The SMILES string of the molecule is CC.CC.CC.CC.Cc1ccc(C)c(C)c1.Cc1cccc(C)c1C. The number of aryl methyl sites for hydroxylation is 5. The lowest BCUT2D eigenvalue weighted by Gasteiger charge is -2.00. The second kappa shape index (κ2) is 23.4. The second-order valence-electron chi connectivity index (χ2n) is 5.10. The third-order valence-electron chi connectivity index (χ3n) is 3.54. The summed E-state index contributed by atoms with van der Waals surface area (Å²) in [7, 11) is 0. The number of hydrogen-bond acceptors (Lipinski definition) is 0. The van der Waals surface area contributed by atoms with Gasteiger partial charge >= 0.3 is 0 Å². The Morgan fingerprint density at radius 3 is 1.08 bits per heavy atom. The van der Waals surface area contributed by atoms with E-state index in [1.54, 1.807) is 0 Å². The number of rotatable bonds is 0. The molecule has 0 unspecified atom stereocenters. The van der Waals surface area contributed by atoms with Gasteiger partial charge in [-0.1, -0.05) is 97.4 Å². The highest BCUT2D eigenvalue weighted by atomic mass is 14.0. The van der Waals surface area contributed by atoms with E-state index in [-0.39, 0.29) is 0 Å². The van der Waals surface area contributed by atoms with Crippen molar-refractivity contribution < 1.29 is 0 Å². The lowest BCUT2D eigenvalue weighted by molar-refractivity contribution is 1.27. The van der Waals surface area contributed by atoms with Crippen molar-refractivity contribution in [2.45, 2.75) is 96.9 Å². The summed E-state index contributed by atoms with van der Waals surface area (Å²) < 4.78 is 0. The molecule has 0 aliphatic heterocycles. The van der Waals surface area contributed by atoms with Crippen LogP contribution >= 0.6 is 0 Å². The fourth-order valence-corrected chi connectivity index (χ4v) is 1.79. The zero-order chi connectivity index (χ0) is 21.7. The summed E-state index contributed by atoms with van der Waals surface area (Å²) in [6.07, 6.45) is 0. The first kappa shape index (κ1) is 32.1. The van der Waals surface area contributed by atoms with Crippen LogP contribution in [0.1, 0.15) is 88.8 Å². The molecule has 0 radical (unpaired) electrons. The molecule has 0 bridgehead atoms. The predicted molar refractivity (Wildman–Crippen MR) is 127 cm³/mol. The average Bonchev–Trinajstić information content (AvgIpc) is 2.70. The number of benzene rings is 2. The zero-order valence-electron chi connectivity index (χ0n) is 20.5. The molecule has 0 N–H and O–H groups in total. The van der Waals surface area contributed by atoms with Gasteiger partial charge in [0.2, 0.25) is 0 Å². The van der Waals surface area contributed by atoms with Crippen LogP contribution in [0, 0.1) is 41.5 Å². The minimum absolute atomic E-state index is 1.35. The molecule has 0 fully saturated rings. The molecule has 0 heteroatoms. The van der Waals surface area contributed by atoms with E-state index in [0.717, 1.165) is 0 Å². The Balaban J connectivity index is -0.000000135. The Labute approximate surface area is 167 Å². The maximum absolute atomic E-state index is 2.20. The molecule has 0 aliphatic carbocycles. The van der Waals surface area contributed by atoms with Gasteiger partial charge in [-0.05, 0) is 69.4 Å². The quantitative estimate of drug-likeness (QED) is 0.439. The van der Waals surface area contributed by atoms with Crippen LogP contribution < -0.4 is 0 Å². The van der Waals surface area contributed by atoms with Crippen LogP contribution in [0.2, 0.25) is 0 Å². The Morgan fingerprint density at radius 1 is 0.423 bits per heavy atom. The fourth-order valence-electron chi connectivity index (χ4n) is 1.79. The van der Waals surface area contributed by atoms with Crippen molar-refractivity contribution in [1.29, 1.82) is 0 Å². The van der Waals surface area contributed by atoms with Crippen molar-refractivity contribution in [3.8, 4) is 0 Å². The molecule has 152 valence electrons. The van der Waals surface area contributed by atoms with Gasteiger partial charge in [0.05, 0.1) is 0 Å². The third kappa shape index (κ3) is 15.9. The Kier molecular flexibility index (Phi) is 29.0. The van der Waals surface area contributed by atoms with Gasteiger partial charge in [0.1, 0.15) is 0 Å². The monoisotopic (exact) mass is 360 g/mol. The molecule has 0 amide bonds. The van der Waals surface area contributed by atoms with Crippen LogP contribution in [-0.4, -0.2) is 0 Å². The topological polar surface area (TPSA) is 0 Å². The molecule has 0 aromatic heterocycles. The van der Waals surface area contributed by atoms with Gasteiger partial charge in [-0.2, -0.15) is 0 Å². The van der Waals surface area contributed by atoms with Gasteiger partial charge in [-0.15, -0.1) is 0 Å². The molecule has 0 saturated carbocycles. The Bertz CT molecular complexity index is 501. The van der Waals surface area contributed by atoms with E-state index in [0.29, 0.717) is 0 Å². The van der Waals surface area contributed by atoms with E-state index in [1.165, 1.54) is 33.4 Å². The highest BCUT2D eigenvalue weighted by molar-refractivity contribution is 5.31. The maximum atomic E-state index is 2.20. The molecule has 0 atom stereocenters. The van der Waals surface area contributed by atoms with Gasteiger partial charge in [0, 0.05) is 0 Å². The summed E-state index contributed by atoms with van der Waals surface area (Å²) in [5.41, 5.74) is 8.29. The van der Waals surface area contributed by atoms with E-state index in [4.69, 9.17) is 0 Å². The fraction of sp³-hybridized carbons (Fsp3) is 0.538. The van der Waals surface area contributed by atoms with Crippen LogP contribution in [0.4, 0.5) is 0 Å². The standard InChI is InChI=1S/2C9H12.4C2H6/c1-7-4-5-8(2)9(3)6-7;1-7-5-4-6-8(2)9(7)3;4*1-2/h2*4-6H,1-3H3;4*1-2H3. The Morgan fingerprint density at radius 2 is 0.808 bits per heavy atom. The zero-order valence-corrected chi connectivity index (χ0v) is 20.5. The first-order valence-corrected chi connectivity index (χ1v) is 10.5. The maximum Gasteiger partial charge on any atom is -0.0392 e. The number of hydrogen-bond donors (Lipinski definition) is 0. The average molecular weight is 361 g/mol. The van der Waals surface area contributed by atoms with Gasteiger partial charge in [-0.3, -0.25) is 0 Å². The minimum Gasteiger partial charge on any atom is -0.0683 e. The Hall–Kier alpha value is -1.56. The predicted octanol–water partition coefficient (Wildman–Crippen LogP) is 9.33. The van der Waals surface area contributed by atoms with Gasteiger partial charge < -0.3 is 0 Å². The largest absolute Gasteiger partial charge is 0.0683 e. The van der Waals surface area contributed by atoms with Crippen LogP contribution in [0.15, 0.2) is 36.4 Å². The van der Waals surface area contributed by atoms with E-state index >= 15 is 0 Å². The highest BCUT2D eigenvalue weighted by Crippen LogP contribution is 2.10. The minimum atomic E-state index is 1.35. The summed E-state index contributed by atoms with van der Waals surface area (Å²) in [6.45, 7) is 28.8. The summed E-state index contributed by atoms with van der Waals surface area (Å²) in [5, 5.41) is 0. The van der Waals surface area contributed by atoms with Crippen molar-refractivity contribution >= 4 is 0 Å². The van der Waals surface area contributed by atoms with Crippen molar-refractivity contribution in [3.05, 3.63) is 69.8 Å². The van der Waals surface area contributed by atoms with Crippen LogP contribution in [0.3, 0.4) is 0 Å². The second-order valence-corrected chi connectivity index (χ2v) is 5.10. The molecule has 0 nitrogen and oxygen atoms in total. The molecular weight excluding hydrogens is 312 g/mol. The molecule has 2 rings (SSSR count). The molecule has 2 aromatic rings. The summed E-state index contributed by atoms with van der Waals surface area (Å²) in [4.78, 5) is 0. The highest BCUT2D eigenvalue weighted by Gasteiger charge is 1.92. The van der Waals surface area contributed by atoms with Gasteiger partial charge in [0.25, 0.3) is 0 Å². The van der Waals surface area contributed by atoms with Crippen molar-refractivity contribution in [2.24, 2.45) is 0 Å². The molecule has 26 heavy (non-hydrogen) atoms. The molecule has 0 saturated heterocycles. The van der Waals surface area contributed by atoms with Crippen molar-refractivity contribution in [3.63, 3.8) is 0 Å². The lowest BCUT2D eigenvalue weighted by Crippen LogP contribution is -1.82. The summed E-state index contributed by atoms with van der Waals surface area (Å²) >= 11 is 0. The van der Waals surface area contributed by atoms with Crippen molar-refractivity contribution in [1.82, 2.24) is 0 Å². The third-order valence-corrected chi connectivity index (χ3v) is 3.54. The normalized spacial score (nSPS) is 7.62. The van der Waals surface area contributed by atoms with Crippen LogP contribution in [-0.2, 0) is 0 Å². The molecular formula is C26H48. The molecule has 0 heterocycles. The van der Waals surface area contributed by atoms with E-state index < -0.39 is 0 Å². The van der Waals surface area contributed by atoms with E-state index in [1.807, 2.05) is 55.4 Å². The molecule has 2 aromatic carbocycles. The van der Waals surface area contributed by atoms with Crippen LogP contribution in [0.25, 0.3) is 0 Å². The van der Waals surface area contributed by atoms with Gasteiger partial charge in [-0.25, -0.2) is 0 Å². The molecule has 0 spiro atoms. The smallest absolute Gasteiger partial charge is 0.0392 e. The van der Waals surface area contributed by atoms with Crippen molar-refractivity contribution in [2.75, 3.05) is 0 Å². The summed E-state index contributed by atoms with van der Waals surface area (Å²) in [6, 6.07) is 12.9. The first-order chi connectivity index (χ1) is 12.4. The first-order valence-electron chi connectivity index (χ1n) is 10.5.